The van der Waals surface area contributed by atoms with Crippen molar-refractivity contribution in [1.29, 1.82) is 0 Å². The number of hydrogen-bond acceptors (Lipinski definition) is 4. The summed E-state index contributed by atoms with van der Waals surface area (Å²) in [5.41, 5.74) is 12.0. The van der Waals surface area contributed by atoms with Crippen molar-refractivity contribution in [3.05, 3.63) is 175 Å². The van der Waals surface area contributed by atoms with Crippen LogP contribution in [0.3, 0.4) is 0 Å². The van der Waals surface area contributed by atoms with Gasteiger partial charge in [-0.05, 0) is 67.7 Å². The van der Waals surface area contributed by atoms with Crippen LogP contribution in [0.4, 0.5) is 0 Å². The number of benzene rings is 8. The zero-order valence-corrected chi connectivity index (χ0v) is 29.8. The van der Waals surface area contributed by atoms with Gasteiger partial charge in [-0.2, -0.15) is 0 Å². The highest BCUT2D eigenvalue weighted by Crippen LogP contribution is 2.49. The lowest BCUT2D eigenvalue weighted by molar-refractivity contribution is 0.660. The first-order valence-electron chi connectivity index (χ1n) is 18.4. The topological polar surface area (TPSA) is 51.8 Å². The van der Waals surface area contributed by atoms with Crippen molar-refractivity contribution < 1.29 is 4.42 Å². The van der Waals surface area contributed by atoms with Gasteiger partial charge >= 0.3 is 0 Å². The summed E-state index contributed by atoms with van der Waals surface area (Å²) in [4.78, 5) is 15.6. The third kappa shape index (κ3) is 4.60. The molecule has 11 rings (SSSR count). The molecule has 2 aromatic heterocycles. The third-order valence-electron chi connectivity index (χ3n) is 11.4. The van der Waals surface area contributed by atoms with E-state index in [9.17, 15) is 0 Å². The summed E-state index contributed by atoms with van der Waals surface area (Å²) in [5.74, 6) is 1.80. The first kappa shape index (κ1) is 30.7. The molecule has 0 aliphatic heterocycles. The van der Waals surface area contributed by atoms with E-state index in [4.69, 9.17) is 19.4 Å². The molecule has 0 saturated carbocycles. The molecular weight excluding hydrogens is 659 g/mol. The van der Waals surface area contributed by atoms with Crippen molar-refractivity contribution in [2.45, 2.75) is 19.3 Å². The Kier molecular flexibility index (Phi) is 6.56. The van der Waals surface area contributed by atoms with E-state index in [0.717, 1.165) is 55.0 Å². The Hall–Kier alpha value is -6.91. The fourth-order valence-corrected chi connectivity index (χ4v) is 8.61. The smallest absolute Gasteiger partial charge is 0.167 e. The molecule has 4 heteroatoms. The summed E-state index contributed by atoms with van der Waals surface area (Å²) in [7, 11) is 0. The predicted molar refractivity (Wildman–Crippen MR) is 221 cm³/mol. The van der Waals surface area contributed by atoms with Crippen LogP contribution in [0.15, 0.2) is 168 Å². The van der Waals surface area contributed by atoms with Crippen molar-refractivity contribution in [3.8, 4) is 56.4 Å². The van der Waals surface area contributed by atoms with Gasteiger partial charge in [0.15, 0.2) is 17.5 Å². The van der Waals surface area contributed by atoms with E-state index in [1.54, 1.807) is 0 Å². The normalized spacial score (nSPS) is 13.1. The molecule has 0 atom stereocenters. The van der Waals surface area contributed by atoms with Crippen LogP contribution in [0.5, 0.6) is 0 Å². The third-order valence-corrected chi connectivity index (χ3v) is 11.4. The first-order valence-corrected chi connectivity index (χ1v) is 18.4. The maximum atomic E-state index is 6.49. The standard InChI is InChI=1S/C50H33N3O/c1-50(2)42-19-7-5-14-36(42)37-28-27-34(29-43(37)50)30-21-25-33(26-22-30)47-51-48(40-17-9-12-32-24-23-31-11-3-4-13-35(31)45(32)40)53-49(52-47)41-18-10-16-39-38-15-6-8-20-44(38)54-46(39)41/h3-29H,1-2H3. The molecule has 54 heavy (non-hydrogen) atoms. The Balaban J connectivity index is 1.08. The molecule has 8 aromatic carbocycles. The largest absolute Gasteiger partial charge is 0.455 e. The van der Waals surface area contributed by atoms with Crippen molar-refractivity contribution >= 4 is 43.5 Å². The fraction of sp³-hybridized carbons (Fsp3) is 0.0600. The average molecular weight is 692 g/mol. The highest BCUT2D eigenvalue weighted by atomic mass is 16.3. The highest BCUT2D eigenvalue weighted by Gasteiger charge is 2.35. The summed E-state index contributed by atoms with van der Waals surface area (Å²) in [5, 5.41) is 6.70. The summed E-state index contributed by atoms with van der Waals surface area (Å²) in [6.45, 7) is 4.65. The minimum absolute atomic E-state index is 0.0603. The predicted octanol–water partition coefficient (Wildman–Crippen LogP) is 13.1. The highest BCUT2D eigenvalue weighted by molar-refractivity contribution is 6.14. The van der Waals surface area contributed by atoms with E-state index in [1.165, 1.54) is 38.6 Å². The van der Waals surface area contributed by atoms with E-state index < -0.39 is 0 Å². The molecular formula is C50H33N3O. The fourth-order valence-electron chi connectivity index (χ4n) is 8.61. The SMILES string of the molecule is CC1(C)c2ccccc2-c2ccc(-c3ccc(-c4nc(-c5cccc6c5oc5ccccc56)nc(-c5cccc6ccc7ccccc7c56)n4)cc3)cc21. The summed E-state index contributed by atoms with van der Waals surface area (Å²) >= 11 is 0. The molecule has 0 amide bonds. The van der Waals surface area contributed by atoms with Crippen LogP contribution in [0.1, 0.15) is 25.0 Å². The molecule has 0 spiro atoms. The second-order valence-electron chi connectivity index (χ2n) is 14.8. The zero-order chi connectivity index (χ0) is 36.0. The average Bonchev–Trinajstić information content (AvgIpc) is 3.72. The van der Waals surface area contributed by atoms with Crippen molar-refractivity contribution in [1.82, 2.24) is 15.0 Å². The molecule has 1 aliphatic rings. The second kappa shape index (κ2) is 11.5. The van der Waals surface area contributed by atoms with Gasteiger partial charge in [0.05, 0.1) is 5.56 Å². The number of para-hydroxylation sites is 2. The van der Waals surface area contributed by atoms with Crippen molar-refractivity contribution in [3.63, 3.8) is 0 Å². The molecule has 0 saturated heterocycles. The van der Waals surface area contributed by atoms with Crippen LogP contribution in [-0.4, -0.2) is 15.0 Å². The van der Waals surface area contributed by atoms with Gasteiger partial charge in [0.1, 0.15) is 11.2 Å². The monoisotopic (exact) mass is 691 g/mol. The molecule has 0 radical (unpaired) electrons. The number of fused-ring (bicyclic) bond motifs is 9. The van der Waals surface area contributed by atoms with E-state index in [-0.39, 0.29) is 5.41 Å². The van der Waals surface area contributed by atoms with Crippen LogP contribution in [0.2, 0.25) is 0 Å². The molecule has 2 heterocycles. The van der Waals surface area contributed by atoms with Crippen LogP contribution in [0.25, 0.3) is 99.9 Å². The molecule has 254 valence electrons. The molecule has 0 N–H and O–H groups in total. The first-order chi connectivity index (χ1) is 26.5. The van der Waals surface area contributed by atoms with Crippen LogP contribution in [0, 0.1) is 0 Å². The van der Waals surface area contributed by atoms with Gasteiger partial charge in [-0.25, -0.2) is 15.0 Å². The Morgan fingerprint density at radius 1 is 0.407 bits per heavy atom. The van der Waals surface area contributed by atoms with E-state index in [0.29, 0.717) is 17.5 Å². The van der Waals surface area contributed by atoms with Gasteiger partial charge in [-0.1, -0.05) is 159 Å². The lowest BCUT2D eigenvalue weighted by atomic mass is 9.81. The Labute approximate surface area is 312 Å². The number of furan rings is 1. The molecule has 0 unspecified atom stereocenters. The minimum atomic E-state index is -0.0603. The van der Waals surface area contributed by atoms with Gasteiger partial charge < -0.3 is 4.42 Å². The van der Waals surface area contributed by atoms with Crippen LogP contribution in [-0.2, 0) is 5.41 Å². The lowest BCUT2D eigenvalue weighted by Gasteiger charge is -2.22. The number of hydrogen-bond donors (Lipinski definition) is 0. The molecule has 0 bridgehead atoms. The maximum absolute atomic E-state index is 6.49. The van der Waals surface area contributed by atoms with E-state index in [2.05, 4.69) is 153 Å². The molecule has 10 aromatic rings. The van der Waals surface area contributed by atoms with E-state index >= 15 is 0 Å². The molecule has 1 aliphatic carbocycles. The van der Waals surface area contributed by atoms with E-state index in [1.807, 2.05) is 24.3 Å². The second-order valence-corrected chi connectivity index (χ2v) is 14.8. The van der Waals surface area contributed by atoms with Gasteiger partial charge in [-0.15, -0.1) is 0 Å². The zero-order valence-electron chi connectivity index (χ0n) is 29.8. The maximum Gasteiger partial charge on any atom is 0.167 e. The molecule has 4 nitrogen and oxygen atoms in total. The van der Waals surface area contributed by atoms with Gasteiger partial charge in [0.2, 0.25) is 0 Å². The van der Waals surface area contributed by atoms with Gasteiger partial charge in [0.25, 0.3) is 0 Å². The Morgan fingerprint density at radius 2 is 1.00 bits per heavy atom. The quantitative estimate of drug-likeness (QED) is 0.172. The lowest BCUT2D eigenvalue weighted by Crippen LogP contribution is -2.14. The number of aromatic nitrogens is 3. The summed E-state index contributed by atoms with van der Waals surface area (Å²) in [6.07, 6.45) is 0. The number of nitrogens with zero attached hydrogens (tertiary/aromatic N) is 3. The summed E-state index contributed by atoms with van der Waals surface area (Å²) < 4.78 is 6.49. The van der Waals surface area contributed by atoms with Crippen molar-refractivity contribution in [2.75, 3.05) is 0 Å². The molecule has 0 fully saturated rings. The Morgan fingerprint density at radius 3 is 1.89 bits per heavy atom. The van der Waals surface area contributed by atoms with Gasteiger partial charge in [-0.3, -0.25) is 0 Å². The summed E-state index contributed by atoms with van der Waals surface area (Å²) in [6, 6.07) is 57.8. The van der Waals surface area contributed by atoms with Crippen LogP contribution < -0.4 is 0 Å². The van der Waals surface area contributed by atoms with Crippen molar-refractivity contribution in [2.24, 2.45) is 0 Å². The minimum Gasteiger partial charge on any atom is -0.455 e. The Bertz CT molecular complexity index is 3140. The van der Waals surface area contributed by atoms with Crippen LogP contribution >= 0.6 is 0 Å². The van der Waals surface area contributed by atoms with Gasteiger partial charge in [0, 0.05) is 32.7 Å². The number of rotatable bonds is 4.